The fraction of sp³-hybridized carbons (Fsp3) is 0.867. The highest BCUT2D eigenvalue weighted by Gasteiger charge is 2.31. The second-order valence-electron chi connectivity index (χ2n) is 5.91. The molecule has 0 aromatic carbocycles. The third-order valence-corrected chi connectivity index (χ3v) is 4.47. The van der Waals surface area contributed by atoms with Gasteiger partial charge in [0.1, 0.15) is 0 Å². The summed E-state index contributed by atoms with van der Waals surface area (Å²) >= 11 is 0. The third-order valence-electron chi connectivity index (χ3n) is 4.47. The first-order valence-electron chi connectivity index (χ1n) is 7.68. The van der Waals surface area contributed by atoms with E-state index in [1.165, 1.54) is 0 Å². The molecule has 20 heavy (non-hydrogen) atoms. The van der Waals surface area contributed by atoms with E-state index < -0.39 is 0 Å². The fourth-order valence-corrected chi connectivity index (χ4v) is 2.85. The van der Waals surface area contributed by atoms with Crippen LogP contribution >= 0.6 is 0 Å². The topological polar surface area (TPSA) is 66.6 Å². The predicted octanol–water partition coefficient (Wildman–Crippen LogP) is 1.08. The highest BCUT2D eigenvalue weighted by Crippen LogP contribution is 2.28. The van der Waals surface area contributed by atoms with E-state index in [0.29, 0.717) is 19.0 Å². The highest BCUT2D eigenvalue weighted by atomic mass is 16.2. The van der Waals surface area contributed by atoms with Crippen molar-refractivity contribution in [2.45, 2.75) is 46.1 Å². The van der Waals surface area contributed by atoms with Gasteiger partial charge in [-0.25, -0.2) is 0 Å². The average molecular weight is 283 g/mol. The summed E-state index contributed by atoms with van der Waals surface area (Å²) < 4.78 is 0. The zero-order valence-corrected chi connectivity index (χ0v) is 13.3. The lowest BCUT2D eigenvalue weighted by Crippen LogP contribution is -2.45. The molecule has 0 aromatic rings. The molecule has 0 aliphatic heterocycles. The summed E-state index contributed by atoms with van der Waals surface area (Å²) in [7, 11) is 1.72. The monoisotopic (exact) mass is 283 g/mol. The van der Waals surface area contributed by atoms with E-state index in [1.54, 1.807) is 16.8 Å². The van der Waals surface area contributed by atoms with Crippen molar-refractivity contribution >= 4 is 11.8 Å². The largest absolute Gasteiger partial charge is 0.342 e. The Kier molecular flexibility index (Phi) is 6.46. The lowest BCUT2D eigenvalue weighted by atomic mass is 9.79. The normalized spacial score (nSPS) is 26.1. The third kappa shape index (κ3) is 4.20. The Bertz CT molecular complexity index is 342. The number of nitrogens with two attached hydrogens (primary N) is 1. The maximum atomic E-state index is 12.4. The van der Waals surface area contributed by atoms with Crippen LogP contribution in [0.15, 0.2) is 0 Å². The minimum Gasteiger partial charge on any atom is -0.342 e. The van der Waals surface area contributed by atoms with Crippen LogP contribution in [0.3, 0.4) is 0 Å². The van der Waals surface area contributed by atoms with Gasteiger partial charge in [0.25, 0.3) is 0 Å². The van der Waals surface area contributed by atoms with E-state index in [4.69, 9.17) is 5.73 Å². The molecule has 5 heteroatoms. The molecule has 1 rings (SSSR count). The number of nitrogens with zero attached hydrogens (tertiary/aromatic N) is 2. The maximum Gasteiger partial charge on any atom is 0.242 e. The van der Waals surface area contributed by atoms with Crippen LogP contribution in [-0.4, -0.2) is 54.3 Å². The molecular formula is C15H29N3O2. The molecule has 0 radical (unpaired) electrons. The van der Waals surface area contributed by atoms with Gasteiger partial charge in [-0.05, 0) is 39.0 Å². The van der Waals surface area contributed by atoms with Crippen molar-refractivity contribution in [1.29, 1.82) is 0 Å². The van der Waals surface area contributed by atoms with Crippen LogP contribution in [0.4, 0.5) is 0 Å². The molecular weight excluding hydrogens is 254 g/mol. The van der Waals surface area contributed by atoms with Gasteiger partial charge in [0, 0.05) is 32.1 Å². The van der Waals surface area contributed by atoms with Crippen molar-refractivity contribution in [2.24, 2.45) is 17.6 Å². The Balaban J connectivity index is 2.52. The highest BCUT2D eigenvalue weighted by molar-refractivity contribution is 5.85. The van der Waals surface area contributed by atoms with Crippen LogP contribution in [0.1, 0.15) is 40.0 Å². The average Bonchev–Trinajstić information content (AvgIpc) is 2.42. The molecule has 2 amide bonds. The molecule has 0 aromatic heterocycles. The van der Waals surface area contributed by atoms with E-state index in [9.17, 15) is 9.59 Å². The molecule has 0 spiro atoms. The van der Waals surface area contributed by atoms with E-state index in [1.807, 2.05) is 13.8 Å². The number of hydrogen-bond acceptors (Lipinski definition) is 3. The van der Waals surface area contributed by atoms with Gasteiger partial charge in [-0.2, -0.15) is 0 Å². The predicted molar refractivity (Wildman–Crippen MR) is 80.0 cm³/mol. The summed E-state index contributed by atoms with van der Waals surface area (Å²) in [6.45, 7) is 7.57. The Labute approximate surface area is 122 Å². The molecule has 1 saturated carbocycles. The molecule has 3 unspecified atom stereocenters. The molecule has 0 saturated heterocycles. The number of likely N-dealkylation sites (N-methyl/N-ethyl adjacent to an activating group) is 2. The van der Waals surface area contributed by atoms with Gasteiger partial charge in [0.2, 0.25) is 11.8 Å². The summed E-state index contributed by atoms with van der Waals surface area (Å²) in [6, 6.07) is 0.101. The smallest absolute Gasteiger partial charge is 0.242 e. The van der Waals surface area contributed by atoms with Gasteiger partial charge in [-0.1, -0.05) is 6.92 Å². The Morgan fingerprint density at radius 1 is 1.20 bits per heavy atom. The Morgan fingerprint density at radius 3 is 2.30 bits per heavy atom. The Morgan fingerprint density at radius 2 is 1.80 bits per heavy atom. The summed E-state index contributed by atoms with van der Waals surface area (Å²) in [6.07, 6.45) is 2.62. The molecule has 5 nitrogen and oxygen atoms in total. The SMILES string of the molecule is CCN(CC)C(=O)CN(C)C(=O)C1CCC(C)C(N)C1. The minimum absolute atomic E-state index is 0.0133. The van der Waals surface area contributed by atoms with Crippen LogP contribution in [0.2, 0.25) is 0 Å². The summed E-state index contributed by atoms with van der Waals surface area (Å²) in [4.78, 5) is 27.7. The van der Waals surface area contributed by atoms with Gasteiger partial charge in [0.05, 0.1) is 6.54 Å². The number of amides is 2. The van der Waals surface area contributed by atoms with Crippen molar-refractivity contribution < 1.29 is 9.59 Å². The van der Waals surface area contributed by atoms with Crippen LogP contribution in [0.5, 0.6) is 0 Å². The second-order valence-corrected chi connectivity index (χ2v) is 5.91. The molecule has 3 atom stereocenters. The van der Waals surface area contributed by atoms with Crippen molar-refractivity contribution in [2.75, 3.05) is 26.7 Å². The van der Waals surface area contributed by atoms with Crippen molar-refractivity contribution in [1.82, 2.24) is 9.80 Å². The van der Waals surface area contributed by atoms with Crippen molar-refractivity contribution in [3.8, 4) is 0 Å². The minimum atomic E-state index is -0.0179. The first kappa shape index (κ1) is 17.0. The fourth-order valence-electron chi connectivity index (χ4n) is 2.85. The van der Waals surface area contributed by atoms with E-state index >= 15 is 0 Å². The Hall–Kier alpha value is -1.10. The molecule has 1 aliphatic carbocycles. The molecule has 116 valence electrons. The summed E-state index contributed by atoms with van der Waals surface area (Å²) in [5.41, 5.74) is 6.05. The van der Waals surface area contributed by atoms with E-state index in [2.05, 4.69) is 6.92 Å². The quantitative estimate of drug-likeness (QED) is 0.821. The van der Waals surface area contributed by atoms with E-state index in [0.717, 1.165) is 19.3 Å². The standard InChI is InChI=1S/C15H29N3O2/c1-5-18(6-2)14(19)10-17(4)15(20)12-8-7-11(3)13(16)9-12/h11-13H,5-10,16H2,1-4H3. The van der Waals surface area contributed by atoms with Gasteiger partial charge in [0.15, 0.2) is 0 Å². The van der Waals surface area contributed by atoms with Crippen molar-refractivity contribution in [3.05, 3.63) is 0 Å². The number of rotatable bonds is 5. The van der Waals surface area contributed by atoms with Crippen LogP contribution in [0, 0.1) is 11.8 Å². The summed E-state index contributed by atoms with van der Waals surface area (Å²) in [5, 5.41) is 0. The molecule has 0 bridgehead atoms. The molecule has 1 aliphatic rings. The first-order valence-corrected chi connectivity index (χ1v) is 7.68. The first-order chi connectivity index (χ1) is 9.40. The van der Waals surface area contributed by atoms with E-state index in [-0.39, 0.29) is 30.3 Å². The second kappa shape index (κ2) is 7.62. The number of carbonyl (C=O) groups is 2. The van der Waals surface area contributed by atoms with Crippen LogP contribution in [0.25, 0.3) is 0 Å². The van der Waals surface area contributed by atoms with Gasteiger partial charge >= 0.3 is 0 Å². The number of carbonyl (C=O) groups excluding carboxylic acids is 2. The van der Waals surface area contributed by atoms with Crippen LogP contribution < -0.4 is 5.73 Å². The molecule has 2 N–H and O–H groups in total. The molecule has 1 fully saturated rings. The maximum absolute atomic E-state index is 12.4. The van der Waals surface area contributed by atoms with Gasteiger partial charge < -0.3 is 15.5 Å². The van der Waals surface area contributed by atoms with Crippen LogP contribution in [-0.2, 0) is 9.59 Å². The molecule has 0 heterocycles. The zero-order valence-electron chi connectivity index (χ0n) is 13.3. The lowest BCUT2D eigenvalue weighted by Gasteiger charge is -2.33. The van der Waals surface area contributed by atoms with Crippen molar-refractivity contribution in [3.63, 3.8) is 0 Å². The van der Waals surface area contributed by atoms with Gasteiger partial charge in [-0.15, -0.1) is 0 Å². The summed E-state index contributed by atoms with van der Waals surface area (Å²) in [5.74, 6) is 0.546. The van der Waals surface area contributed by atoms with Gasteiger partial charge in [-0.3, -0.25) is 9.59 Å². The lowest BCUT2D eigenvalue weighted by molar-refractivity contribution is -0.142. The zero-order chi connectivity index (χ0) is 15.3. The number of hydrogen-bond donors (Lipinski definition) is 1.